The van der Waals surface area contributed by atoms with Crippen molar-refractivity contribution in [3.63, 3.8) is 0 Å². The Balaban J connectivity index is 1.71. The smallest absolute Gasteiger partial charge is 0.0874 e. The third-order valence-corrected chi connectivity index (χ3v) is 8.11. The van der Waals surface area contributed by atoms with Crippen LogP contribution in [0.5, 0.6) is 0 Å². The van der Waals surface area contributed by atoms with Crippen molar-refractivity contribution < 1.29 is 0 Å². The molecule has 0 aromatic heterocycles. The highest BCUT2D eigenvalue weighted by molar-refractivity contribution is 8.76. The molecule has 0 saturated heterocycles. The molecule has 2 aliphatic rings. The van der Waals surface area contributed by atoms with E-state index in [9.17, 15) is 0 Å². The molecule has 114 valence electrons. The lowest BCUT2D eigenvalue weighted by molar-refractivity contribution is 1.34. The van der Waals surface area contributed by atoms with Gasteiger partial charge in [-0.2, -0.15) is 0 Å². The quantitative estimate of drug-likeness (QED) is 0.221. The summed E-state index contributed by atoms with van der Waals surface area (Å²) >= 11 is 0. The van der Waals surface area contributed by atoms with Crippen molar-refractivity contribution in [2.75, 3.05) is 0 Å². The fourth-order valence-electron chi connectivity index (χ4n) is 3.26. The SMILES string of the molecule is c1c2c(cc3cc4cc5cc6c(cc5cc4cc13)=NSS6)=NSS2. The standard InChI is InChI=1S/C18H8N2S4/c1-9-3-14-8-18-16(20-24-22-18)6-12(14)2-10(9)4-13-7-17-15(5-11(1)13)19-23-21-17/h1-8H. The van der Waals surface area contributed by atoms with Crippen LogP contribution in [-0.2, 0) is 0 Å². The van der Waals surface area contributed by atoms with Crippen LogP contribution in [0.15, 0.2) is 67.1 Å². The second-order valence-corrected chi connectivity index (χ2v) is 9.65. The van der Waals surface area contributed by atoms with Crippen molar-refractivity contribution in [2.45, 2.75) is 9.79 Å². The zero-order valence-electron chi connectivity index (χ0n) is 12.1. The van der Waals surface area contributed by atoms with Gasteiger partial charge in [0, 0.05) is 31.8 Å². The minimum Gasteiger partial charge on any atom is -0.204 e. The van der Waals surface area contributed by atoms with Crippen LogP contribution in [0, 0.1) is 0 Å². The van der Waals surface area contributed by atoms with Crippen molar-refractivity contribution in [3.8, 4) is 0 Å². The summed E-state index contributed by atoms with van der Waals surface area (Å²) in [5.41, 5.74) is 0. The summed E-state index contributed by atoms with van der Waals surface area (Å²) in [7, 11) is 6.59. The largest absolute Gasteiger partial charge is 0.204 e. The number of nitrogens with zero attached hydrogens (tertiary/aromatic N) is 2. The van der Waals surface area contributed by atoms with Gasteiger partial charge in [-0.25, -0.2) is 8.80 Å². The van der Waals surface area contributed by atoms with Crippen molar-refractivity contribution >= 4 is 75.9 Å². The lowest BCUT2D eigenvalue weighted by atomic mass is 9.99. The lowest BCUT2D eigenvalue weighted by Crippen LogP contribution is -2.00. The molecule has 0 unspecified atom stereocenters. The molecule has 0 spiro atoms. The van der Waals surface area contributed by atoms with Crippen molar-refractivity contribution in [1.82, 2.24) is 0 Å². The van der Waals surface area contributed by atoms with Crippen LogP contribution in [0.3, 0.4) is 0 Å². The van der Waals surface area contributed by atoms with Crippen LogP contribution in [0.4, 0.5) is 0 Å². The van der Waals surface area contributed by atoms with E-state index >= 15 is 0 Å². The number of hydrogen-bond acceptors (Lipinski definition) is 6. The van der Waals surface area contributed by atoms with E-state index < -0.39 is 0 Å². The molecule has 0 saturated carbocycles. The highest BCUT2D eigenvalue weighted by Crippen LogP contribution is 2.38. The maximum absolute atomic E-state index is 4.48. The van der Waals surface area contributed by atoms with E-state index in [4.69, 9.17) is 0 Å². The summed E-state index contributed by atoms with van der Waals surface area (Å²) < 4.78 is 8.97. The summed E-state index contributed by atoms with van der Waals surface area (Å²) in [6, 6.07) is 18.1. The van der Waals surface area contributed by atoms with E-state index in [0.29, 0.717) is 0 Å². The maximum atomic E-state index is 4.48. The van der Waals surface area contributed by atoms with E-state index in [1.165, 1.54) is 42.1 Å². The van der Waals surface area contributed by atoms with Gasteiger partial charge < -0.3 is 0 Å². The first-order valence-corrected chi connectivity index (χ1v) is 11.6. The normalized spacial score (nSPS) is 15.5. The molecule has 24 heavy (non-hydrogen) atoms. The Hall–Kier alpha value is -1.34. The Labute approximate surface area is 153 Å². The first kappa shape index (κ1) is 13.9. The summed E-state index contributed by atoms with van der Waals surface area (Å²) in [5.74, 6) is 0. The summed E-state index contributed by atoms with van der Waals surface area (Å²) in [5, 5.41) is 9.84. The van der Waals surface area contributed by atoms with Crippen LogP contribution in [-0.4, -0.2) is 0 Å². The van der Waals surface area contributed by atoms with Gasteiger partial charge in [0.05, 0.1) is 10.7 Å². The molecule has 0 fully saturated rings. The van der Waals surface area contributed by atoms with Crippen molar-refractivity contribution in [3.05, 3.63) is 59.2 Å². The molecule has 2 nitrogen and oxygen atoms in total. The van der Waals surface area contributed by atoms with Gasteiger partial charge in [0.25, 0.3) is 0 Å². The van der Waals surface area contributed by atoms with Gasteiger partial charge in [-0.05, 0) is 102 Å². The fraction of sp³-hybridized carbons (Fsp3) is 0. The molecule has 0 radical (unpaired) electrons. The van der Waals surface area contributed by atoms with Crippen LogP contribution in [0.25, 0.3) is 32.3 Å². The van der Waals surface area contributed by atoms with Gasteiger partial charge in [0.2, 0.25) is 0 Å². The number of benzene rings is 4. The Bertz CT molecular complexity index is 1210. The average molecular weight is 381 g/mol. The van der Waals surface area contributed by atoms with Crippen molar-refractivity contribution in [2.24, 2.45) is 8.80 Å². The van der Waals surface area contributed by atoms with E-state index in [1.54, 1.807) is 43.5 Å². The molecule has 0 bridgehead atoms. The number of hydrogen-bond donors (Lipinski definition) is 0. The topological polar surface area (TPSA) is 24.7 Å². The molecule has 2 heterocycles. The summed E-state index contributed by atoms with van der Waals surface area (Å²) in [6.45, 7) is 0. The lowest BCUT2D eigenvalue weighted by Gasteiger charge is -2.06. The average Bonchev–Trinajstić information content (AvgIpc) is 3.22. The Kier molecular flexibility index (Phi) is 2.94. The number of fused-ring (bicyclic) bond motifs is 5. The van der Waals surface area contributed by atoms with E-state index in [1.807, 2.05) is 0 Å². The molecule has 0 amide bonds. The Morgan fingerprint density at radius 1 is 0.458 bits per heavy atom. The first-order valence-electron chi connectivity index (χ1n) is 7.42. The van der Waals surface area contributed by atoms with Crippen LogP contribution < -0.4 is 10.7 Å². The predicted octanol–water partition coefficient (Wildman–Crippen LogP) is 5.72. The Morgan fingerprint density at radius 2 is 0.833 bits per heavy atom. The maximum Gasteiger partial charge on any atom is 0.0874 e. The van der Waals surface area contributed by atoms with Crippen LogP contribution >= 0.6 is 43.5 Å². The van der Waals surface area contributed by atoms with Gasteiger partial charge in [-0.3, -0.25) is 0 Å². The molecule has 6 heteroatoms. The van der Waals surface area contributed by atoms with Gasteiger partial charge in [-0.15, -0.1) is 0 Å². The second kappa shape index (κ2) is 5.08. The Morgan fingerprint density at radius 3 is 1.29 bits per heavy atom. The molecule has 0 atom stereocenters. The zero-order valence-corrected chi connectivity index (χ0v) is 15.4. The second-order valence-electron chi connectivity index (χ2n) is 5.88. The van der Waals surface area contributed by atoms with Gasteiger partial charge in [0.1, 0.15) is 0 Å². The molecule has 4 aromatic carbocycles. The van der Waals surface area contributed by atoms with Crippen LogP contribution in [0.1, 0.15) is 0 Å². The predicted molar refractivity (Wildman–Crippen MR) is 108 cm³/mol. The van der Waals surface area contributed by atoms with E-state index in [0.717, 1.165) is 10.7 Å². The third kappa shape index (κ3) is 2.03. The molecular formula is C18H8N2S4. The number of rotatable bonds is 0. The summed E-state index contributed by atoms with van der Waals surface area (Å²) in [6.07, 6.45) is 0. The molecule has 4 aromatic rings. The fourth-order valence-corrected chi connectivity index (χ4v) is 6.79. The van der Waals surface area contributed by atoms with E-state index in [2.05, 4.69) is 57.3 Å². The minimum absolute atomic E-state index is 1.10. The minimum atomic E-state index is 1.10. The molecular weight excluding hydrogens is 372 g/mol. The molecule has 2 aliphatic heterocycles. The van der Waals surface area contributed by atoms with Crippen molar-refractivity contribution in [1.29, 1.82) is 0 Å². The van der Waals surface area contributed by atoms with Gasteiger partial charge in [-0.1, -0.05) is 0 Å². The first-order chi connectivity index (χ1) is 11.8. The molecule has 6 rings (SSSR count). The summed E-state index contributed by atoms with van der Waals surface area (Å²) in [4.78, 5) is 2.52. The van der Waals surface area contributed by atoms with Gasteiger partial charge in [0.15, 0.2) is 0 Å². The monoisotopic (exact) mass is 380 g/mol. The highest BCUT2D eigenvalue weighted by atomic mass is 33.1. The molecule has 0 aliphatic carbocycles. The highest BCUT2D eigenvalue weighted by Gasteiger charge is 2.11. The van der Waals surface area contributed by atoms with Gasteiger partial charge >= 0.3 is 0 Å². The third-order valence-electron chi connectivity index (χ3n) is 4.43. The van der Waals surface area contributed by atoms with Crippen LogP contribution in [0.2, 0.25) is 0 Å². The molecule has 0 N–H and O–H groups in total. The van der Waals surface area contributed by atoms with E-state index in [-0.39, 0.29) is 0 Å². The zero-order chi connectivity index (χ0) is 15.7.